The Morgan fingerprint density at radius 3 is 3.00 bits per heavy atom. The number of para-hydroxylation sites is 1. The molecule has 4 heteroatoms. The van der Waals surface area contributed by atoms with Crippen molar-refractivity contribution in [3.8, 4) is 0 Å². The SMILES string of the molecule is CO/N=C\c1cc(=O)oc2ccccc12. The maximum absolute atomic E-state index is 11.2. The predicted molar refractivity (Wildman–Crippen MR) is 57.1 cm³/mol. The molecule has 1 heterocycles. The van der Waals surface area contributed by atoms with Crippen molar-refractivity contribution in [1.82, 2.24) is 0 Å². The van der Waals surface area contributed by atoms with Crippen LogP contribution in [0.25, 0.3) is 11.0 Å². The van der Waals surface area contributed by atoms with Crippen LogP contribution in [0, 0.1) is 0 Å². The molecule has 0 spiro atoms. The van der Waals surface area contributed by atoms with Crippen molar-refractivity contribution < 1.29 is 9.25 Å². The molecule has 0 N–H and O–H groups in total. The minimum atomic E-state index is -0.397. The van der Waals surface area contributed by atoms with Gasteiger partial charge in [-0.1, -0.05) is 23.4 Å². The van der Waals surface area contributed by atoms with E-state index in [9.17, 15) is 4.79 Å². The molecule has 0 bridgehead atoms. The largest absolute Gasteiger partial charge is 0.423 e. The lowest BCUT2D eigenvalue weighted by Gasteiger charge is -1.98. The van der Waals surface area contributed by atoms with Gasteiger partial charge >= 0.3 is 5.63 Å². The highest BCUT2D eigenvalue weighted by Crippen LogP contribution is 2.14. The van der Waals surface area contributed by atoms with Gasteiger partial charge in [-0.05, 0) is 6.07 Å². The van der Waals surface area contributed by atoms with Crippen LogP contribution in [0.15, 0.2) is 44.7 Å². The second-order valence-corrected chi connectivity index (χ2v) is 2.93. The van der Waals surface area contributed by atoms with Crippen molar-refractivity contribution in [3.05, 3.63) is 46.3 Å². The summed E-state index contributed by atoms with van der Waals surface area (Å²) >= 11 is 0. The van der Waals surface area contributed by atoms with Crippen LogP contribution >= 0.6 is 0 Å². The van der Waals surface area contributed by atoms with Gasteiger partial charge in [-0.2, -0.15) is 0 Å². The Morgan fingerprint density at radius 1 is 1.40 bits per heavy atom. The molecule has 0 aliphatic carbocycles. The van der Waals surface area contributed by atoms with Gasteiger partial charge in [0, 0.05) is 17.0 Å². The summed E-state index contributed by atoms with van der Waals surface area (Å²) in [5.74, 6) is 0. The third-order valence-corrected chi connectivity index (χ3v) is 1.98. The monoisotopic (exact) mass is 203 g/mol. The van der Waals surface area contributed by atoms with Crippen LogP contribution in [-0.2, 0) is 4.84 Å². The summed E-state index contributed by atoms with van der Waals surface area (Å²) in [7, 11) is 1.45. The lowest BCUT2D eigenvalue weighted by molar-refractivity contribution is 0.215. The average Bonchev–Trinajstić information content (AvgIpc) is 2.25. The van der Waals surface area contributed by atoms with E-state index in [4.69, 9.17) is 4.42 Å². The molecule has 0 atom stereocenters. The van der Waals surface area contributed by atoms with Crippen LogP contribution < -0.4 is 5.63 Å². The zero-order valence-corrected chi connectivity index (χ0v) is 8.14. The van der Waals surface area contributed by atoms with E-state index in [0.29, 0.717) is 11.1 Å². The number of hydrogen-bond acceptors (Lipinski definition) is 4. The summed E-state index contributed by atoms with van der Waals surface area (Å²) in [5.41, 5.74) is 0.831. The first-order chi connectivity index (χ1) is 7.31. The van der Waals surface area contributed by atoms with Crippen LogP contribution in [-0.4, -0.2) is 13.3 Å². The zero-order chi connectivity index (χ0) is 10.7. The molecule has 2 rings (SSSR count). The van der Waals surface area contributed by atoms with Crippen LogP contribution in [0.5, 0.6) is 0 Å². The topological polar surface area (TPSA) is 51.8 Å². The first-order valence-electron chi connectivity index (χ1n) is 4.40. The molecule has 0 aliphatic heterocycles. The van der Waals surface area contributed by atoms with Gasteiger partial charge < -0.3 is 9.25 Å². The van der Waals surface area contributed by atoms with Crippen molar-refractivity contribution in [3.63, 3.8) is 0 Å². The van der Waals surface area contributed by atoms with Crippen molar-refractivity contribution >= 4 is 17.2 Å². The maximum Gasteiger partial charge on any atom is 0.336 e. The maximum atomic E-state index is 11.2. The van der Waals surface area contributed by atoms with E-state index >= 15 is 0 Å². The minimum Gasteiger partial charge on any atom is -0.423 e. The molecular formula is C11H9NO3. The van der Waals surface area contributed by atoms with Gasteiger partial charge in [0.2, 0.25) is 0 Å². The summed E-state index contributed by atoms with van der Waals surface area (Å²) in [5, 5.41) is 4.46. The molecule has 0 radical (unpaired) electrons. The first-order valence-corrected chi connectivity index (χ1v) is 4.40. The highest BCUT2D eigenvalue weighted by Gasteiger charge is 2.02. The van der Waals surface area contributed by atoms with Crippen LogP contribution in [0.2, 0.25) is 0 Å². The van der Waals surface area contributed by atoms with Gasteiger partial charge in [-0.25, -0.2) is 4.79 Å². The molecular weight excluding hydrogens is 194 g/mol. The van der Waals surface area contributed by atoms with Gasteiger partial charge in [-0.15, -0.1) is 0 Å². The van der Waals surface area contributed by atoms with E-state index < -0.39 is 5.63 Å². The molecule has 0 saturated carbocycles. The number of oxime groups is 1. The molecule has 0 fully saturated rings. The van der Waals surface area contributed by atoms with E-state index in [2.05, 4.69) is 9.99 Å². The summed E-state index contributed by atoms with van der Waals surface area (Å²) in [6.45, 7) is 0. The number of rotatable bonds is 2. The number of benzene rings is 1. The van der Waals surface area contributed by atoms with Crippen molar-refractivity contribution in [2.24, 2.45) is 5.16 Å². The fourth-order valence-electron chi connectivity index (χ4n) is 1.35. The molecule has 0 saturated heterocycles. The number of hydrogen-bond donors (Lipinski definition) is 0. The fourth-order valence-corrected chi connectivity index (χ4v) is 1.35. The highest BCUT2D eigenvalue weighted by molar-refractivity contribution is 5.96. The molecule has 1 aromatic heterocycles. The molecule has 76 valence electrons. The molecule has 15 heavy (non-hydrogen) atoms. The number of fused-ring (bicyclic) bond motifs is 1. The molecule has 4 nitrogen and oxygen atoms in total. The first kappa shape index (κ1) is 9.45. The van der Waals surface area contributed by atoms with Crippen LogP contribution in [0.1, 0.15) is 5.56 Å². The van der Waals surface area contributed by atoms with E-state index in [1.54, 1.807) is 6.07 Å². The van der Waals surface area contributed by atoms with Gasteiger partial charge in [0.15, 0.2) is 0 Å². The average molecular weight is 203 g/mol. The lowest BCUT2D eigenvalue weighted by atomic mass is 10.1. The zero-order valence-electron chi connectivity index (χ0n) is 8.14. The normalized spacial score (nSPS) is 11.0. The second-order valence-electron chi connectivity index (χ2n) is 2.93. The summed E-state index contributed by atoms with van der Waals surface area (Å²) in [6, 6.07) is 8.65. The quantitative estimate of drug-likeness (QED) is 0.424. The lowest BCUT2D eigenvalue weighted by Crippen LogP contribution is -1.99. The molecule has 0 aliphatic rings. The Morgan fingerprint density at radius 2 is 2.20 bits per heavy atom. The number of nitrogens with zero attached hydrogens (tertiary/aromatic N) is 1. The highest BCUT2D eigenvalue weighted by atomic mass is 16.6. The van der Waals surface area contributed by atoms with E-state index in [1.165, 1.54) is 19.4 Å². The summed E-state index contributed by atoms with van der Waals surface area (Å²) in [4.78, 5) is 15.8. The minimum absolute atomic E-state index is 0.397. The molecule has 0 unspecified atom stereocenters. The van der Waals surface area contributed by atoms with Gasteiger partial charge in [0.1, 0.15) is 12.7 Å². The Labute approximate surface area is 85.8 Å². The van der Waals surface area contributed by atoms with Crippen LogP contribution in [0.4, 0.5) is 0 Å². The van der Waals surface area contributed by atoms with Crippen LogP contribution in [0.3, 0.4) is 0 Å². The molecule has 0 amide bonds. The Kier molecular flexibility index (Phi) is 2.49. The van der Waals surface area contributed by atoms with Gasteiger partial charge in [0.25, 0.3) is 0 Å². The third-order valence-electron chi connectivity index (χ3n) is 1.98. The standard InChI is InChI=1S/C11H9NO3/c1-14-12-7-8-6-11(13)15-10-5-3-2-4-9(8)10/h2-7H,1H3/b12-7-. The fraction of sp³-hybridized carbons (Fsp3) is 0.0909. The molecule has 1 aromatic carbocycles. The predicted octanol–water partition coefficient (Wildman–Crippen LogP) is 1.77. The van der Waals surface area contributed by atoms with E-state index in [1.807, 2.05) is 18.2 Å². The third kappa shape index (κ3) is 1.88. The summed E-state index contributed by atoms with van der Waals surface area (Å²) < 4.78 is 5.02. The summed E-state index contributed by atoms with van der Waals surface area (Å²) in [6.07, 6.45) is 1.49. The van der Waals surface area contributed by atoms with Crippen molar-refractivity contribution in [2.75, 3.05) is 7.11 Å². The second kappa shape index (κ2) is 3.96. The smallest absolute Gasteiger partial charge is 0.336 e. The molecule has 2 aromatic rings. The van der Waals surface area contributed by atoms with Crippen molar-refractivity contribution in [1.29, 1.82) is 0 Å². The van der Waals surface area contributed by atoms with E-state index in [-0.39, 0.29) is 0 Å². The van der Waals surface area contributed by atoms with Crippen molar-refractivity contribution in [2.45, 2.75) is 0 Å². The Bertz CT molecular complexity index is 557. The Hall–Kier alpha value is -2.10. The van der Waals surface area contributed by atoms with Gasteiger partial charge in [0.05, 0.1) is 6.21 Å². The Balaban J connectivity index is 2.71. The van der Waals surface area contributed by atoms with Gasteiger partial charge in [-0.3, -0.25) is 0 Å². The van der Waals surface area contributed by atoms with E-state index in [0.717, 1.165) is 5.39 Å².